The minimum absolute atomic E-state index is 0.0736. The van der Waals surface area contributed by atoms with Crippen LogP contribution in [0.4, 0.5) is 0 Å². The molecule has 0 N–H and O–H groups in total. The molecular weight excluding hydrogens is 384 g/mol. The molecule has 6 saturated heterocycles. The quantitative estimate of drug-likeness (QED) is 0.682. The second-order valence-corrected chi connectivity index (χ2v) is 11.2. The number of fused-ring (bicyclic) bond motifs is 3. The van der Waals surface area contributed by atoms with E-state index in [1.807, 2.05) is 0 Å². The number of rotatable bonds is 2. The molecule has 0 aromatic rings. The Labute approximate surface area is 180 Å². The zero-order chi connectivity index (χ0) is 20.9. The summed E-state index contributed by atoms with van der Waals surface area (Å²) in [6.45, 7) is 15.2. The molecule has 0 spiro atoms. The van der Waals surface area contributed by atoms with Crippen molar-refractivity contribution in [2.24, 2.45) is 35.5 Å². The van der Waals surface area contributed by atoms with Gasteiger partial charge in [-0.2, -0.15) is 0 Å². The molecule has 0 amide bonds. The third-order valence-electron chi connectivity index (χ3n) is 9.25. The van der Waals surface area contributed by atoms with E-state index < -0.39 is 0 Å². The number of hydrogen-bond acceptors (Lipinski definition) is 6. The van der Waals surface area contributed by atoms with Gasteiger partial charge in [0.25, 0.3) is 0 Å². The van der Waals surface area contributed by atoms with E-state index in [-0.39, 0.29) is 61.0 Å². The predicted octanol–water partition coefficient (Wildman–Crippen LogP) is 2.67. The summed E-state index contributed by atoms with van der Waals surface area (Å²) in [7, 11) is 0. The lowest BCUT2D eigenvalue weighted by Gasteiger charge is -2.32. The largest absolute Gasteiger partial charge is 0.375 e. The summed E-state index contributed by atoms with van der Waals surface area (Å²) in [5.41, 5.74) is 0. The SMILES string of the molecule is C[C@@H]1CO[C@H]2[C@@H]1OC(C1O[C@H]3[C@H](OC(C4O[C@H]5[C@H](OC[C@@H]5C)[C@H]4C)[C@H]3C)[C@@H]1C)[C@@H]2C. The highest BCUT2D eigenvalue weighted by molar-refractivity contribution is 5.09. The minimum atomic E-state index is 0.0736. The normalized spacial score (nSPS) is 64.6. The van der Waals surface area contributed by atoms with Crippen molar-refractivity contribution in [2.75, 3.05) is 13.2 Å². The molecule has 0 aromatic carbocycles. The zero-order valence-corrected chi connectivity index (χ0v) is 19.1. The standard InChI is InChI=1S/C24H38O6/c1-9-7-25-17-11(3)19(27-15(9)17)21-13(5)23-24(29-21)14(6)22(30-23)20-12(4)18-16(28-20)10(2)8-26-18/h9-24H,7-8H2,1-6H3/t9-,10+,11-,12-,13-,14-,15-,16-,17-,18-,19?,20?,21?,22?,23-,24-/m1/s1. The van der Waals surface area contributed by atoms with E-state index in [4.69, 9.17) is 28.4 Å². The van der Waals surface area contributed by atoms with E-state index in [0.717, 1.165) is 13.2 Å². The molecule has 6 aliphatic rings. The summed E-state index contributed by atoms with van der Waals surface area (Å²) in [6.07, 6.45) is 1.39. The summed E-state index contributed by atoms with van der Waals surface area (Å²) in [6, 6.07) is 0. The van der Waals surface area contributed by atoms with Crippen molar-refractivity contribution < 1.29 is 28.4 Å². The molecule has 6 heterocycles. The monoisotopic (exact) mass is 422 g/mol. The van der Waals surface area contributed by atoms with Crippen LogP contribution in [0.2, 0.25) is 0 Å². The first-order valence-electron chi connectivity index (χ1n) is 12.2. The molecule has 6 fully saturated rings. The Morgan fingerprint density at radius 2 is 0.633 bits per heavy atom. The maximum absolute atomic E-state index is 6.71. The fourth-order valence-electron chi connectivity index (χ4n) is 7.35. The highest BCUT2D eigenvalue weighted by Crippen LogP contribution is 2.51. The Hall–Kier alpha value is -0.240. The lowest BCUT2D eigenvalue weighted by atomic mass is 9.85. The van der Waals surface area contributed by atoms with Crippen LogP contribution in [0.15, 0.2) is 0 Å². The zero-order valence-electron chi connectivity index (χ0n) is 19.1. The Balaban J connectivity index is 1.15. The van der Waals surface area contributed by atoms with Crippen molar-refractivity contribution in [3.8, 4) is 0 Å². The van der Waals surface area contributed by atoms with Gasteiger partial charge in [-0.15, -0.1) is 0 Å². The highest BCUT2D eigenvalue weighted by atomic mass is 16.6. The van der Waals surface area contributed by atoms with Crippen LogP contribution in [0.1, 0.15) is 41.5 Å². The van der Waals surface area contributed by atoms with Gasteiger partial charge in [0, 0.05) is 35.5 Å². The van der Waals surface area contributed by atoms with Crippen LogP contribution in [-0.2, 0) is 28.4 Å². The molecule has 6 rings (SSSR count). The van der Waals surface area contributed by atoms with Crippen LogP contribution in [0.25, 0.3) is 0 Å². The first kappa shape index (κ1) is 20.4. The van der Waals surface area contributed by atoms with Crippen molar-refractivity contribution in [2.45, 2.75) is 103 Å². The molecule has 0 aliphatic carbocycles. The van der Waals surface area contributed by atoms with E-state index in [2.05, 4.69) is 41.5 Å². The average Bonchev–Trinajstić information content (AvgIpc) is 3.51. The fraction of sp³-hybridized carbons (Fsp3) is 1.00. The Kier molecular flexibility index (Phi) is 4.84. The van der Waals surface area contributed by atoms with Gasteiger partial charge in [0.1, 0.15) is 0 Å². The van der Waals surface area contributed by atoms with Gasteiger partial charge in [-0.1, -0.05) is 41.5 Å². The molecule has 0 radical (unpaired) electrons. The van der Waals surface area contributed by atoms with Gasteiger partial charge in [0.05, 0.1) is 74.3 Å². The molecule has 0 bridgehead atoms. The van der Waals surface area contributed by atoms with Crippen LogP contribution in [-0.4, -0.2) is 74.3 Å². The van der Waals surface area contributed by atoms with E-state index in [1.165, 1.54) is 0 Å². The number of ether oxygens (including phenoxy) is 6. The molecule has 170 valence electrons. The van der Waals surface area contributed by atoms with E-state index in [1.54, 1.807) is 0 Å². The van der Waals surface area contributed by atoms with Gasteiger partial charge in [-0.3, -0.25) is 0 Å². The van der Waals surface area contributed by atoms with Crippen molar-refractivity contribution in [3.05, 3.63) is 0 Å². The third-order valence-corrected chi connectivity index (χ3v) is 9.25. The first-order chi connectivity index (χ1) is 14.4. The molecule has 6 nitrogen and oxygen atoms in total. The van der Waals surface area contributed by atoms with E-state index in [9.17, 15) is 0 Å². The predicted molar refractivity (Wildman–Crippen MR) is 109 cm³/mol. The van der Waals surface area contributed by atoms with Crippen molar-refractivity contribution >= 4 is 0 Å². The summed E-state index contributed by atoms with van der Waals surface area (Å²) >= 11 is 0. The van der Waals surface area contributed by atoms with Crippen LogP contribution in [0.5, 0.6) is 0 Å². The van der Waals surface area contributed by atoms with E-state index >= 15 is 0 Å². The molecule has 30 heavy (non-hydrogen) atoms. The topological polar surface area (TPSA) is 55.4 Å². The lowest BCUT2D eigenvalue weighted by Crippen LogP contribution is -2.42. The second kappa shape index (κ2) is 7.13. The van der Waals surface area contributed by atoms with Gasteiger partial charge in [0.15, 0.2) is 0 Å². The number of hydrogen-bond donors (Lipinski definition) is 0. The van der Waals surface area contributed by atoms with Crippen LogP contribution < -0.4 is 0 Å². The lowest BCUT2D eigenvalue weighted by molar-refractivity contribution is -0.122. The van der Waals surface area contributed by atoms with Gasteiger partial charge in [-0.25, -0.2) is 0 Å². The minimum Gasteiger partial charge on any atom is -0.375 e. The average molecular weight is 423 g/mol. The summed E-state index contributed by atoms with van der Waals surface area (Å²) < 4.78 is 38.6. The summed E-state index contributed by atoms with van der Waals surface area (Å²) in [4.78, 5) is 0. The van der Waals surface area contributed by atoms with Gasteiger partial charge >= 0.3 is 0 Å². The van der Waals surface area contributed by atoms with Crippen molar-refractivity contribution in [1.29, 1.82) is 0 Å². The molecule has 0 aromatic heterocycles. The van der Waals surface area contributed by atoms with Crippen molar-refractivity contribution in [3.63, 3.8) is 0 Å². The smallest absolute Gasteiger partial charge is 0.0896 e. The summed E-state index contributed by atoms with van der Waals surface area (Å²) in [5, 5.41) is 0. The Morgan fingerprint density at radius 1 is 0.367 bits per heavy atom. The maximum atomic E-state index is 6.71. The highest BCUT2D eigenvalue weighted by Gasteiger charge is 2.62. The molecule has 4 unspecified atom stereocenters. The molecule has 6 aliphatic heterocycles. The van der Waals surface area contributed by atoms with Gasteiger partial charge in [-0.05, 0) is 0 Å². The Bertz CT molecular complexity index is 616. The van der Waals surface area contributed by atoms with Crippen LogP contribution >= 0.6 is 0 Å². The van der Waals surface area contributed by atoms with Gasteiger partial charge < -0.3 is 28.4 Å². The van der Waals surface area contributed by atoms with Crippen LogP contribution in [0, 0.1) is 35.5 Å². The Morgan fingerprint density at radius 3 is 0.933 bits per heavy atom. The van der Waals surface area contributed by atoms with Gasteiger partial charge in [0.2, 0.25) is 0 Å². The molecule has 16 atom stereocenters. The molecule has 0 saturated carbocycles. The molecule has 6 heteroatoms. The summed E-state index contributed by atoms with van der Waals surface area (Å²) in [5.74, 6) is 2.24. The van der Waals surface area contributed by atoms with E-state index in [0.29, 0.717) is 35.5 Å². The fourth-order valence-corrected chi connectivity index (χ4v) is 7.35. The first-order valence-corrected chi connectivity index (χ1v) is 12.2. The third kappa shape index (κ3) is 2.70. The van der Waals surface area contributed by atoms with Crippen LogP contribution in [0.3, 0.4) is 0 Å². The molecular formula is C24H38O6. The second-order valence-electron chi connectivity index (χ2n) is 11.2. The maximum Gasteiger partial charge on any atom is 0.0896 e. The van der Waals surface area contributed by atoms with Crippen molar-refractivity contribution in [1.82, 2.24) is 0 Å².